The smallest absolute Gasteiger partial charge is 0.350 e. The summed E-state index contributed by atoms with van der Waals surface area (Å²) in [5, 5.41) is 0.324. The number of thiazole rings is 1. The topological polar surface area (TPSA) is 95.0 Å². The fourth-order valence-corrected chi connectivity index (χ4v) is 3.91. The molecule has 3 aromatic rings. The first-order valence-corrected chi connectivity index (χ1v) is 11.0. The Morgan fingerprint density at radius 3 is 2.30 bits per heavy atom. The molecule has 0 unspecified atom stereocenters. The summed E-state index contributed by atoms with van der Waals surface area (Å²) in [6.07, 6.45) is 0. The second kappa shape index (κ2) is 11.2. The molecule has 0 saturated heterocycles. The largest absolute Gasteiger partial charge is 0.497 e. The van der Waals surface area contributed by atoms with Crippen LogP contribution in [0.15, 0.2) is 54.6 Å². The third-order valence-electron chi connectivity index (χ3n) is 4.61. The molecule has 0 bridgehead atoms. The Kier molecular flexibility index (Phi) is 8.15. The van der Waals surface area contributed by atoms with Gasteiger partial charge in [0.2, 0.25) is 0 Å². The molecule has 0 spiro atoms. The number of hydrogen-bond donors (Lipinski definition) is 0. The molecule has 0 N–H and O–H groups in total. The van der Waals surface area contributed by atoms with Gasteiger partial charge in [-0.2, -0.15) is 0 Å². The first-order chi connectivity index (χ1) is 15.9. The summed E-state index contributed by atoms with van der Waals surface area (Å²) in [5.41, 5.74) is 1.63. The lowest BCUT2D eigenvalue weighted by molar-refractivity contribution is -0.121. The van der Waals surface area contributed by atoms with Gasteiger partial charge in [0, 0.05) is 0 Å². The van der Waals surface area contributed by atoms with Crippen LogP contribution in [-0.4, -0.2) is 43.2 Å². The van der Waals surface area contributed by atoms with E-state index in [9.17, 15) is 14.4 Å². The van der Waals surface area contributed by atoms with Gasteiger partial charge in [0.1, 0.15) is 10.6 Å². The Bertz CT molecular complexity index is 1110. The molecule has 172 valence electrons. The molecule has 1 heterocycles. The molecule has 9 heteroatoms. The molecular weight excluding hydrogens is 444 g/mol. The number of anilines is 1. The van der Waals surface area contributed by atoms with Crippen molar-refractivity contribution in [2.24, 2.45) is 0 Å². The second-order valence-electron chi connectivity index (χ2n) is 6.90. The van der Waals surface area contributed by atoms with E-state index in [0.717, 1.165) is 16.9 Å². The highest BCUT2D eigenvalue weighted by Gasteiger charge is 2.25. The van der Waals surface area contributed by atoms with Crippen molar-refractivity contribution in [3.8, 4) is 5.75 Å². The van der Waals surface area contributed by atoms with E-state index in [1.54, 1.807) is 38.1 Å². The lowest BCUT2D eigenvalue weighted by Gasteiger charge is -2.20. The lowest BCUT2D eigenvalue weighted by atomic mass is 10.2. The Morgan fingerprint density at radius 1 is 0.970 bits per heavy atom. The number of aromatic nitrogens is 1. The van der Waals surface area contributed by atoms with Crippen LogP contribution in [0, 0.1) is 6.92 Å². The van der Waals surface area contributed by atoms with Gasteiger partial charge in [0.25, 0.3) is 5.91 Å². The van der Waals surface area contributed by atoms with Gasteiger partial charge < -0.3 is 14.2 Å². The molecular formula is C24H24N2O6S. The normalized spacial score (nSPS) is 10.4. The number of nitrogens with zero attached hydrogens (tertiary/aromatic N) is 2. The summed E-state index contributed by atoms with van der Waals surface area (Å²) in [7, 11) is 1.53. The molecule has 8 nitrogen and oxygen atoms in total. The maximum Gasteiger partial charge on any atom is 0.350 e. The van der Waals surface area contributed by atoms with Crippen molar-refractivity contribution in [3.05, 3.63) is 76.3 Å². The molecule has 0 aliphatic carbocycles. The summed E-state index contributed by atoms with van der Waals surface area (Å²) >= 11 is 1.06. The minimum Gasteiger partial charge on any atom is -0.497 e. The van der Waals surface area contributed by atoms with Crippen molar-refractivity contribution in [2.75, 3.05) is 25.2 Å². The zero-order chi connectivity index (χ0) is 23.8. The van der Waals surface area contributed by atoms with Crippen molar-refractivity contribution in [3.63, 3.8) is 0 Å². The van der Waals surface area contributed by atoms with Crippen LogP contribution in [0.5, 0.6) is 5.75 Å². The summed E-state index contributed by atoms with van der Waals surface area (Å²) in [6, 6.07) is 15.7. The molecule has 0 radical (unpaired) electrons. The molecule has 0 fully saturated rings. The van der Waals surface area contributed by atoms with Gasteiger partial charge in [0.05, 0.1) is 31.5 Å². The van der Waals surface area contributed by atoms with Crippen molar-refractivity contribution in [1.82, 2.24) is 4.98 Å². The van der Waals surface area contributed by atoms with Gasteiger partial charge in [-0.15, -0.1) is 0 Å². The van der Waals surface area contributed by atoms with E-state index >= 15 is 0 Å². The Morgan fingerprint density at radius 2 is 1.67 bits per heavy atom. The summed E-state index contributed by atoms with van der Waals surface area (Å²) in [4.78, 5) is 43.8. The standard InChI is InChI=1S/C24H24N2O6S/c1-4-31-23(29)21-16(2)25-24(33-21)26(14-17-8-6-5-7-9-17)20(27)15-32-22(28)18-10-12-19(30-3)13-11-18/h5-13H,4,14-15H2,1-3H3. The number of ether oxygens (including phenoxy) is 3. The van der Waals surface area contributed by atoms with Gasteiger partial charge in [-0.25, -0.2) is 14.6 Å². The Hall–Kier alpha value is -3.72. The first-order valence-electron chi connectivity index (χ1n) is 10.2. The fraction of sp³-hybridized carbons (Fsp3) is 0.250. The van der Waals surface area contributed by atoms with Crippen molar-refractivity contribution in [1.29, 1.82) is 0 Å². The molecule has 2 aromatic carbocycles. The number of aryl methyl sites for hydroxylation is 1. The predicted octanol–water partition coefficient (Wildman–Crippen LogP) is 4.03. The van der Waals surface area contributed by atoms with Gasteiger partial charge in [-0.3, -0.25) is 9.69 Å². The molecule has 1 aromatic heterocycles. The number of carbonyl (C=O) groups excluding carboxylic acids is 3. The van der Waals surface area contributed by atoms with Gasteiger partial charge in [-0.1, -0.05) is 41.7 Å². The van der Waals surface area contributed by atoms with Crippen LogP contribution in [-0.2, 0) is 20.8 Å². The SMILES string of the molecule is CCOC(=O)c1sc(N(Cc2ccccc2)C(=O)COC(=O)c2ccc(OC)cc2)nc1C. The average molecular weight is 469 g/mol. The van der Waals surface area contributed by atoms with Crippen LogP contribution in [0.2, 0.25) is 0 Å². The van der Waals surface area contributed by atoms with E-state index in [4.69, 9.17) is 14.2 Å². The van der Waals surface area contributed by atoms with E-state index < -0.39 is 24.5 Å². The maximum atomic E-state index is 13.1. The van der Waals surface area contributed by atoms with Crippen LogP contribution in [0.25, 0.3) is 0 Å². The average Bonchev–Trinajstić information content (AvgIpc) is 3.23. The monoisotopic (exact) mass is 468 g/mol. The molecule has 0 aliphatic heterocycles. The maximum absolute atomic E-state index is 13.1. The lowest BCUT2D eigenvalue weighted by Crippen LogP contribution is -2.34. The van der Waals surface area contributed by atoms with Crippen LogP contribution in [0.1, 0.15) is 38.2 Å². The Balaban J connectivity index is 1.78. The fourth-order valence-electron chi connectivity index (χ4n) is 2.93. The van der Waals surface area contributed by atoms with Crippen LogP contribution >= 0.6 is 11.3 Å². The molecule has 33 heavy (non-hydrogen) atoms. The number of carbonyl (C=O) groups is 3. The molecule has 0 saturated carbocycles. The number of amides is 1. The van der Waals surface area contributed by atoms with Gasteiger partial charge in [-0.05, 0) is 43.7 Å². The highest BCUT2D eigenvalue weighted by Crippen LogP contribution is 2.28. The zero-order valence-corrected chi connectivity index (χ0v) is 19.4. The van der Waals surface area contributed by atoms with Crippen LogP contribution in [0.4, 0.5) is 5.13 Å². The Labute approximate surface area is 195 Å². The van der Waals surface area contributed by atoms with Crippen molar-refractivity contribution < 1.29 is 28.6 Å². The molecule has 1 amide bonds. The second-order valence-corrected chi connectivity index (χ2v) is 7.88. The third kappa shape index (κ3) is 6.17. The predicted molar refractivity (Wildman–Crippen MR) is 124 cm³/mol. The highest BCUT2D eigenvalue weighted by molar-refractivity contribution is 7.17. The summed E-state index contributed by atoms with van der Waals surface area (Å²) < 4.78 is 15.4. The van der Waals surface area contributed by atoms with Gasteiger partial charge >= 0.3 is 11.9 Å². The minimum absolute atomic E-state index is 0.203. The van der Waals surface area contributed by atoms with Gasteiger partial charge in [0.15, 0.2) is 11.7 Å². The van der Waals surface area contributed by atoms with E-state index in [0.29, 0.717) is 27.0 Å². The van der Waals surface area contributed by atoms with E-state index in [1.165, 1.54) is 12.0 Å². The minimum atomic E-state index is -0.631. The van der Waals surface area contributed by atoms with E-state index in [1.807, 2.05) is 30.3 Å². The number of rotatable bonds is 9. The summed E-state index contributed by atoms with van der Waals surface area (Å²) in [5.74, 6) is -0.983. The highest BCUT2D eigenvalue weighted by atomic mass is 32.1. The van der Waals surface area contributed by atoms with Crippen molar-refractivity contribution >= 4 is 34.3 Å². The number of hydrogen-bond acceptors (Lipinski definition) is 8. The van der Waals surface area contributed by atoms with Crippen LogP contribution in [0.3, 0.4) is 0 Å². The van der Waals surface area contributed by atoms with Crippen molar-refractivity contribution in [2.45, 2.75) is 20.4 Å². The number of esters is 2. The zero-order valence-electron chi connectivity index (χ0n) is 18.6. The molecule has 3 rings (SSSR count). The quantitative estimate of drug-likeness (QED) is 0.438. The van der Waals surface area contributed by atoms with Crippen LogP contribution < -0.4 is 9.64 Å². The number of methoxy groups -OCH3 is 1. The molecule has 0 atom stereocenters. The third-order valence-corrected chi connectivity index (χ3v) is 5.77. The van der Waals surface area contributed by atoms with E-state index in [2.05, 4.69) is 4.98 Å². The first kappa shape index (κ1) is 23.9. The number of benzene rings is 2. The molecule has 0 aliphatic rings. The van der Waals surface area contributed by atoms with E-state index in [-0.39, 0.29) is 13.2 Å². The summed E-state index contributed by atoms with van der Waals surface area (Å²) in [6.45, 7) is 3.36.